The summed E-state index contributed by atoms with van der Waals surface area (Å²) in [5, 5.41) is 0. The molecule has 1 unspecified atom stereocenters. The number of hydrogen-bond donors (Lipinski definition) is 0. The van der Waals surface area contributed by atoms with Crippen LogP contribution in [0.1, 0.15) is 32.6 Å². The summed E-state index contributed by atoms with van der Waals surface area (Å²) in [6.07, 6.45) is 7.26. The lowest BCUT2D eigenvalue weighted by atomic mass is 9.79. The highest BCUT2D eigenvalue weighted by atomic mass is 16.5. The SMILES string of the molecule is CC=C1C2=C(OC)CCCC2CCN1C. The van der Waals surface area contributed by atoms with Gasteiger partial charge in [-0.15, -0.1) is 0 Å². The fourth-order valence-corrected chi connectivity index (χ4v) is 2.92. The number of rotatable bonds is 1. The van der Waals surface area contributed by atoms with E-state index in [4.69, 9.17) is 4.74 Å². The lowest BCUT2D eigenvalue weighted by Crippen LogP contribution is -2.33. The normalized spacial score (nSPS) is 29.4. The van der Waals surface area contributed by atoms with Gasteiger partial charge in [0.1, 0.15) is 5.76 Å². The summed E-state index contributed by atoms with van der Waals surface area (Å²) < 4.78 is 5.55. The standard InChI is InChI=1S/C13H21NO/c1-4-11-13-10(8-9-14(11)2)6-5-7-12(13)15-3/h4,10H,5-9H2,1-3H3. The average Bonchev–Trinajstić information content (AvgIpc) is 2.28. The van der Waals surface area contributed by atoms with Crippen LogP contribution in [-0.4, -0.2) is 25.6 Å². The van der Waals surface area contributed by atoms with Gasteiger partial charge in [-0.1, -0.05) is 6.08 Å². The van der Waals surface area contributed by atoms with E-state index in [1.807, 2.05) is 7.11 Å². The Labute approximate surface area is 92.6 Å². The first-order valence-corrected chi connectivity index (χ1v) is 5.92. The van der Waals surface area contributed by atoms with Crippen LogP contribution in [0.5, 0.6) is 0 Å². The van der Waals surface area contributed by atoms with Crippen LogP contribution in [0.2, 0.25) is 0 Å². The molecule has 0 aromatic rings. The minimum absolute atomic E-state index is 0.746. The number of likely N-dealkylation sites (N-methyl/N-ethyl adjacent to an activating group) is 1. The van der Waals surface area contributed by atoms with Crippen LogP contribution in [-0.2, 0) is 4.74 Å². The number of piperidine rings is 1. The Bertz CT molecular complexity index is 304. The van der Waals surface area contributed by atoms with Gasteiger partial charge >= 0.3 is 0 Å². The minimum atomic E-state index is 0.746. The second-order valence-corrected chi connectivity index (χ2v) is 4.51. The molecular weight excluding hydrogens is 186 g/mol. The molecular formula is C13H21NO. The Morgan fingerprint density at radius 1 is 1.40 bits per heavy atom. The van der Waals surface area contributed by atoms with Crippen LogP contribution >= 0.6 is 0 Å². The first-order valence-electron chi connectivity index (χ1n) is 5.92. The molecule has 0 amide bonds. The van der Waals surface area contributed by atoms with E-state index in [-0.39, 0.29) is 0 Å². The van der Waals surface area contributed by atoms with Crippen molar-refractivity contribution in [1.29, 1.82) is 0 Å². The van der Waals surface area contributed by atoms with Crippen molar-refractivity contribution in [2.75, 3.05) is 20.7 Å². The van der Waals surface area contributed by atoms with E-state index in [0.29, 0.717) is 0 Å². The zero-order valence-corrected chi connectivity index (χ0v) is 10.0. The van der Waals surface area contributed by atoms with Gasteiger partial charge in [0.15, 0.2) is 0 Å². The lowest BCUT2D eigenvalue weighted by Gasteiger charge is -2.39. The number of likely N-dealkylation sites (tertiary alicyclic amines) is 1. The van der Waals surface area contributed by atoms with Crippen molar-refractivity contribution in [3.8, 4) is 0 Å². The highest BCUT2D eigenvalue weighted by molar-refractivity contribution is 5.37. The molecule has 1 saturated heterocycles. The van der Waals surface area contributed by atoms with Crippen molar-refractivity contribution >= 4 is 0 Å². The quantitative estimate of drug-likeness (QED) is 0.655. The van der Waals surface area contributed by atoms with Crippen LogP contribution in [0.3, 0.4) is 0 Å². The third kappa shape index (κ3) is 1.77. The molecule has 0 radical (unpaired) electrons. The lowest BCUT2D eigenvalue weighted by molar-refractivity contribution is 0.225. The number of allylic oxidation sites excluding steroid dienone is 3. The monoisotopic (exact) mass is 207 g/mol. The van der Waals surface area contributed by atoms with E-state index < -0.39 is 0 Å². The van der Waals surface area contributed by atoms with Crippen LogP contribution in [0, 0.1) is 5.92 Å². The molecule has 0 saturated carbocycles. The van der Waals surface area contributed by atoms with Crippen molar-refractivity contribution in [3.63, 3.8) is 0 Å². The van der Waals surface area contributed by atoms with Gasteiger partial charge in [-0.3, -0.25) is 0 Å². The van der Waals surface area contributed by atoms with Gasteiger partial charge in [-0.2, -0.15) is 0 Å². The Morgan fingerprint density at radius 3 is 2.87 bits per heavy atom. The molecule has 1 atom stereocenters. The largest absolute Gasteiger partial charge is 0.501 e. The fourth-order valence-electron chi connectivity index (χ4n) is 2.92. The Balaban J connectivity index is 2.40. The first-order chi connectivity index (χ1) is 7.27. The van der Waals surface area contributed by atoms with Gasteiger partial charge < -0.3 is 9.64 Å². The average molecular weight is 207 g/mol. The van der Waals surface area contributed by atoms with Crippen molar-refractivity contribution in [2.45, 2.75) is 32.6 Å². The number of hydrogen-bond acceptors (Lipinski definition) is 2. The first kappa shape index (κ1) is 10.6. The third-order valence-electron chi connectivity index (χ3n) is 3.69. The van der Waals surface area contributed by atoms with Crippen molar-refractivity contribution in [3.05, 3.63) is 23.1 Å². The molecule has 84 valence electrons. The van der Waals surface area contributed by atoms with Crippen molar-refractivity contribution in [2.24, 2.45) is 5.92 Å². The predicted molar refractivity (Wildman–Crippen MR) is 62.4 cm³/mol. The van der Waals surface area contributed by atoms with Crippen LogP contribution in [0.15, 0.2) is 23.1 Å². The molecule has 1 aliphatic carbocycles. The molecule has 0 spiro atoms. The molecule has 1 aliphatic heterocycles. The van der Waals surface area contributed by atoms with Crippen LogP contribution in [0.4, 0.5) is 0 Å². The van der Waals surface area contributed by atoms with Gasteiger partial charge in [-0.05, 0) is 32.1 Å². The zero-order chi connectivity index (χ0) is 10.8. The highest BCUT2D eigenvalue weighted by Crippen LogP contribution is 2.40. The van der Waals surface area contributed by atoms with E-state index in [0.717, 1.165) is 12.3 Å². The molecule has 1 fully saturated rings. The Kier molecular flexibility index (Phi) is 3.03. The summed E-state index contributed by atoms with van der Waals surface area (Å²) in [5.41, 5.74) is 2.88. The molecule has 0 N–H and O–H groups in total. The summed E-state index contributed by atoms with van der Waals surface area (Å²) in [4.78, 5) is 2.36. The van der Waals surface area contributed by atoms with E-state index in [9.17, 15) is 0 Å². The molecule has 1 heterocycles. The molecule has 2 heteroatoms. The second kappa shape index (κ2) is 4.30. The second-order valence-electron chi connectivity index (χ2n) is 4.51. The molecule has 2 aliphatic rings. The van der Waals surface area contributed by atoms with Crippen LogP contribution < -0.4 is 0 Å². The summed E-state index contributed by atoms with van der Waals surface area (Å²) in [6.45, 7) is 3.31. The third-order valence-corrected chi connectivity index (χ3v) is 3.69. The van der Waals surface area contributed by atoms with Gasteiger partial charge in [0, 0.05) is 31.3 Å². The predicted octanol–water partition coefficient (Wildman–Crippen LogP) is 2.93. The Morgan fingerprint density at radius 2 is 2.20 bits per heavy atom. The molecule has 15 heavy (non-hydrogen) atoms. The Hall–Kier alpha value is -0.920. The number of nitrogens with zero attached hydrogens (tertiary/aromatic N) is 1. The van der Waals surface area contributed by atoms with Crippen LogP contribution in [0.25, 0.3) is 0 Å². The summed E-state index contributed by atoms with van der Waals surface area (Å²) >= 11 is 0. The summed E-state index contributed by atoms with van der Waals surface area (Å²) in [5.74, 6) is 1.97. The van der Waals surface area contributed by atoms with Gasteiger partial charge in [-0.25, -0.2) is 0 Å². The maximum atomic E-state index is 5.55. The highest BCUT2D eigenvalue weighted by Gasteiger charge is 2.31. The van der Waals surface area contributed by atoms with Crippen molar-refractivity contribution in [1.82, 2.24) is 4.90 Å². The maximum Gasteiger partial charge on any atom is 0.101 e. The van der Waals surface area contributed by atoms with E-state index in [2.05, 4.69) is 24.9 Å². The molecule has 0 aromatic heterocycles. The smallest absolute Gasteiger partial charge is 0.101 e. The number of fused-ring (bicyclic) bond motifs is 1. The van der Waals surface area contributed by atoms with Gasteiger partial charge in [0.2, 0.25) is 0 Å². The molecule has 0 aromatic carbocycles. The van der Waals surface area contributed by atoms with Gasteiger partial charge in [0.25, 0.3) is 0 Å². The fraction of sp³-hybridized carbons (Fsp3) is 0.692. The summed E-state index contributed by atoms with van der Waals surface area (Å²) in [7, 11) is 3.99. The van der Waals surface area contributed by atoms with E-state index >= 15 is 0 Å². The van der Waals surface area contributed by atoms with Crippen molar-refractivity contribution < 1.29 is 4.74 Å². The maximum absolute atomic E-state index is 5.55. The van der Waals surface area contributed by atoms with E-state index in [1.54, 1.807) is 0 Å². The molecule has 2 rings (SSSR count). The molecule has 0 bridgehead atoms. The van der Waals surface area contributed by atoms with Gasteiger partial charge in [0.05, 0.1) is 7.11 Å². The van der Waals surface area contributed by atoms with E-state index in [1.165, 1.54) is 42.8 Å². The number of ether oxygens (including phenoxy) is 1. The minimum Gasteiger partial charge on any atom is -0.501 e. The topological polar surface area (TPSA) is 12.5 Å². The summed E-state index contributed by atoms with van der Waals surface area (Å²) in [6, 6.07) is 0. The number of methoxy groups -OCH3 is 1. The molecule has 2 nitrogen and oxygen atoms in total. The zero-order valence-electron chi connectivity index (χ0n) is 10.0.